The molecule has 0 bridgehead atoms. The van der Waals surface area contributed by atoms with Crippen LogP contribution in [0.25, 0.3) is 0 Å². The van der Waals surface area contributed by atoms with Gasteiger partial charge in [0, 0.05) is 6.54 Å². The number of piperidine rings is 1. The SMILES string of the molecule is C=C1CCNC(c2ccccc2)C1=CC(OC)=C(C)OC. The number of nitrogens with one attached hydrogen (secondary N) is 1. The van der Waals surface area contributed by atoms with Gasteiger partial charge >= 0.3 is 0 Å². The molecule has 0 spiro atoms. The first-order chi connectivity index (χ1) is 10.2. The van der Waals surface area contributed by atoms with Crippen LogP contribution >= 0.6 is 0 Å². The molecule has 3 heteroatoms. The maximum atomic E-state index is 5.45. The summed E-state index contributed by atoms with van der Waals surface area (Å²) in [6.45, 7) is 7.05. The summed E-state index contributed by atoms with van der Waals surface area (Å²) in [6, 6.07) is 10.5. The molecule has 1 aliphatic rings. The van der Waals surface area contributed by atoms with E-state index in [2.05, 4.69) is 36.2 Å². The second-order valence-electron chi connectivity index (χ2n) is 5.08. The van der Waals surface area contributed by atoms with Gasteiger partial charge in [-0.05, 0) is 36.1 Å². The van der Waals surface area contributed by atoms with E-state index in [-0.39, 0.29) is 6.04 Å². The van der Waals surface area contributed by atoms with Crippen LogP contribution in [-0.4, -0.2) is 20.8 Å². The minimum absolute atomic E-state index is 0.141. The van der Waals surface area contributed by atoms with Crippen molar-refractivity contribution in [2.75, 3.05) is 20.8 Å². The highest BCUT2D eigenvalue weighted by Crippen LogP contribution is 2.33. The molecule has 1 atom stereocenters. The fourth-order valence-electron chi connectivity index (χ4n) is 2.50. The highest BCUT2D eigenvalue weighted by Gasteiger charge is 2.23. The van der Waals surface area contributed by atoms with Crippen LogP contribution in [0.4, 0.5) is 0 Å². The number of benzene rings is 1. The Balaban J connectivity index is 2.42. The van der Waals surface area contributed by atoms with E-state index in [9.17, 15) is 0 Å². The van der Waals surface area contributed by atoms with Gasteiger partial charge in [0.05, 0.1) is 20.3 Å². The lowest BCUT2D eigenvalue weighted by Gasteiger charge is -2.29. The number of methoxy groups -OCH3 is 2. The van der Waals surface area contributed by atoms with E-state index >= 15 is 0 Å². The molecule has 1 N–H and O–H groups in total. The van der Waals surface area contributed by atoms with Crippen molar-refractivity contribution in [3.05, 3.63) is 71.2 Å². The summed E-state index contributed by atoms with van der Waals surface area (Å²) >= 11 is 0. The van der Waals surface area contributed by atoms with Crippen molar-refractivity contribution in [1.29, 1.82) is 0 Å². The zero-order valence-electron chi connectivity index (χ0n) is 13.0. The summed E-state index contributed by atoms with van der Waals surface area (Å²) in [7, 11) is 3.31. The van der Waals surface area contributed by atoms with Crippen LogP contribution in [-0.2, 0) is 9.47 Å². The molecule has 0 aromatic heterocycles. The molecule has 0 aliphatic carbocycles. The zero-order chi connectivity index (χ0) is 15.2. The lowest BCUT2D eigenvalue weighted by Crippen LogP contribution is -2.30. The molecule has 21 heavy (non-hydrogen) atoms. The van der Waals surface area contributed by atoms with Crippen molar-refractivity contribution in [3.8, 4) is 0 Å². The number of ether oxygens (including phenoxy) is 2. The molecule has 0 amide bonds. The molecule has 1 saturated heterocycles. The highest BCUT2D eigenvalue weighted by atomic mass is 16.5. The van der Waals surface area contributed by atoms with Crippen molar-refractivity contribution in [3.63, 3.8) is 0 Å². The molecule has 112 valence electrons. The predicted octanol–water partition coefficient (Wildman–Crippen LogP) is 3.73. The Morgan fingerprint density at radius 3 is 2.57 bits per heavy atom. The lowest BCUT2D eigenvalue weighted by atomic mass is 9.88. The van der Waals surface area contributed by atoms with Crippen molar-refractivity contribution in [1.82, 2.24) is 5.32 Å². The first-order valence-corrected chi connectivity index (χ1v) is 7.14. The molecule has 1 aromatic rings. The molecule has 1 aromatic carbocycles. The fourth-order valence-corrected chi connectivity index (χ4v) is 2.50. The standard InChI is InChI=1S/C18H23NO2/c1-13-10-11-19-18(15-8-6-5-7-9-15)16(13)12-17(21-4)14(2)20-3/h5-9,12,18-19H,1,10-11H2,2-4H3. The Hall–Kier alpha value is -2.00. The van der Waals surface area contributed by atoms with E-state index in [1.165, 1.54) is 5.56 Å². The molecule has 1 heterocycles. The Kier molecular flexibility index (Phi) is 5.23. The van der Waals surface area contributed by atoms with Gasteiger partial charge in [-0.1, -0.05) is 36.9 Å². The van der Waals surface area contributed by atoms with Gasteiger partial charge in [-0.25, -0.2) is 0 Å². The topological polar surface area (TPSA) is 30.5 Å². The lowest BCUT2D eigenvalue weighted by molar-refractivity contribution is 0.232. The summed E-state index contributed by atoms with van der Waals surface area (Å²) in [4.78, 5) is 0. The van der Waals surface area contributed by atoms with Gasteiger partial charge in [0.15, 0.2) is 5.76 Å². The maximum absolute atomic E-state index is 5.45. The molecule has 0 radical (unpaired) electrons. The van der Waals surface area contributed by atoms with E-state index < -0.39 is 0 Å². The Bertz CT molecular complexity index is 558. The van der Waals surface area contributed by atoms with Crippen LogP contribution in [0.3, 0.4) is 0 Å². The van der Waals surface area contributed by atoms with Crippen LogP contribution in [0.1, 0.15) is 24.9 Å². The van der Waals surface area contributed by atoms with Crippen LogP contribution in [0.2, 0.25) is 0 Å². The molecule has 3 nitrogen and oxygen atoms in total. The molecule has 1 fully saturated rings. The van der Waals surface area contributed by atoms with Crippen LogP contribution in [0, 0.1) is 0 Å². The smallest absolute Gasteiger partial charge is 0.156 e. The number of hydrogen-bond donors (Lipinski definition) is 1. The average Bonchev–Trinajstić information content (AvgIpc) is 2.53. The van der Waals surface area contributed by atoms with Gasteiger partial charge in [0.25, 0.3) is 0 Å². The molecular weight excluding hydrogens is 262 g/mol. The predicted molar refractivity (Wildman–Crippen MR) is 85.7 cm³/mol. The van der Waals surface area contributed by atoms with Crippen molar-refractivity contribution < 1.29 is 9.47 Å². The van der Waals surface area contributed by atoms with E-state index in [1.807, 2.05) is 19.1 Å². The van der Waals surface area contributed by atoms with E-state index in [0.29, 0.717) is 0 Å². The highest BCUT2D eigenvalue weighted by molar-refractivity contribution is 5.44. The van der Waals surface area contributed by atoms with E-state index in [0.717, 1.165) is 35.6 Å². The molecular formula is C18H23NO2. The number of hydrogen-bond acceptors (Lipinski definition) is 3. The number of allylic oxidation sites excluding steroid dienone is 2. The van der Waals surface area contributed by atoms with Crippen molar-refractivity contribution in [2.24, 2.45) is 0 Å². The quantitative estimate of drug-likeness (QED) is 0.855. The van der Waals surface area contributed by atoms with Gasteiger partial charge in [-0.15, -0.1) is 0 Å². The van der Waals surface area contributed by atoms with Gasteiger partial charge in [0.2, 0.25) is 0 Å². The monoisotopic (exact) mass is 285 g/mol. The molecule has 0 saturated carbocycles. The normalized spacial score (nSPS) is 22.0. The van der Waals surface area contributed by atoms with Crippen molar-refractivity contribution in [2.45, 2.75) is 19.4 Å². The van der Waals surface area contributed by atoms with Crippen LogP contribution in [0.15, 0.2) is 65.7 Å². The van der Waals surface area contributed by atoms with Gasteiger partial charge < -0.3 is 14.8 Å². The minimum atomic E-state index is 0.141. The fraction of sp³-hybridized carbons (Fsp3) is 0.333. The van der Waals surface area contributed by atoms with Gasteiger partial charge in [0.1, 0.15) is 5.76 Å². The molecule has 1 unspecified atom stereocenters. The summed E-state index contributed by atoms with van der Waals surface area (Å²) < 4.78 is 10.7. The first-order valence-electron chi connectivity index (χ1n) is 7.14. The van der Waals surface area contributed by atoms with Gasteiger partial charge in [-0.3, -0.25) is 0 Å². The Morgan fingerprint density at radius 2 is 1.95 bits per heavy atom. The average molecular weight is 285 g/mol. The van der Waals surface area contributed by atoms with E-state index in [1.54, 1.807) is 14.2 Å². The Morgan fingerprint density at radius 1 is 1.24 bits per heavy atom. The van der Waals surface area contributed by atoms with E-state index in [4.69, 9.17) is 9.47 Å². The maximum Gasteiger partial charge on any atom is 0.156 e. The molecule has 2 rings (SSSR count). The third-order valence-electron chi connectivity index (χ3n) is 3.79. The van der Waals surface area contributed by atoms with Crippen LogP contribution < -0.4 is 5.32 Å². The third kappa shape index (κ3) is 3.56. The Labute approximate surface area is 127 Å². The minimum Gasteiger partial charge on any atom is -0.498 e. The molecule has 1 aliphatic heterocycles. The van der Waals surface area contributed by atoms with Crippen molar-refractivity contribution >= 4 is 0 Å². The second kappa shape index (κ2) is 7.14. The van der Waals surface area contributed by atoms with Crippen LogP contribution in [0.5, 0.6) is 0 Å². The largest absolute Gasteiger partial charge is 0.498 e. The first kappa shape index (κ1) is 15.4. The summed E-state index contributed by atoms with van der Waals surface area (Å²) in [5.74, 6) is 1.49. The summed E-state index contributed by atoms with van der Waals surface area (Å²) in [5, 5.41) is 3.55. The van der Waals surface area contributed by atoms with Gasteiger partial charge in [-0.2, -0.15) is 0 Å². The second-order valence-corrected chi connectivity index (χ2v) is 5.08. The zero-order valence-corrected chi connectivity index (χ0v) is 13.0. The summed E-state index contributed by atoms with van der Waals surface area (Å²) in [6.07, 6.45) is 2.98. The third-order valence-corrected chi connectivity index (χ3v) is 3.79. The summed E-state index contributed by atoms with van der Waals surface area (Å²) in [5.41, 5.74) is 3.52. The number of rotatable bonds is 4.